The fourth-order valence-corrected chi connectivity index (χ4v) is 11.8. The van der Waals surface area contributed by atoms with Crippen molar-refractivity contribution in [3.63, 3.8) is 0 Å². The maximum Gasteiger partial charge on any atom is 0.261 e. The average molecular weight is 523 g/mol. The van der Waals surface area contributed by atoms with Crippen molar-refractivity contribution >= 4 is 18.7 Å². The molecule has 1 saturated heterocycles. The van der Waals surface area contributed by atoms with Crippen LogP contribution in [0.2, 0.25) is 5.04 Å². The molecule has 5 atom stereocenters. The van der Waals surface area contributed by atoms with Crippen LogP contribution in [0.5, 0.6) is 0 Å². The van der Waals surface area contributed by atoms with Gasteiger partial charge >= 0.3 is 0 Å². The van der Waals surface area contributed by atoms with Gasteiger partial charge in [-0.25, -0.2) is 0 Å². The van der Waals surface area contributed by atoms with Gasteiger partial charge in [-0.1, -0.05) is 101 Å². The highest BCUT2D eigenvalue weighted by Gasteiger charge is 2.61. The summed E-state index contributed by atoms with van der Waals surface area (Å²) in [6.07, 6.45) is 5.25. The first-order chi connectivity index (χ1) is 17.6. The summed E-state index contributed by atoms with van der Waals surface area (Å²) < 4.78 is 25.3. The minimum Gasteiger partial charge on any atom is -0.405 e. The van der Waals surface area contributed by atoms with E-state index in [0.717, 1.165) is 19.3 Å². The first-order valence-electron chi connectivity index (χ1n) is 13.7. The van der Waals surface area contributed by atoms with E-state index < -0.39 is 8.32 Å². The summed E-state index contributed by atoms with van der Waals surface area (Å²) in [4.78, 5) is 0. The van der Waals surface area contributed by atoms with Gasteiger partial charge in [0.1, 0.15) is 6.79 Å². The number of hydrogen-bond acceptors (Lipinski definition) is 4. The van der Waals surface area contributed by atoms with Crippen LogP contribution in [0, 0.1) is 17.3 Å². The van der Waals surface area contributed by atoms with Crippen LogP contribution in [0.1, 0.15) is 53.9 Å². The first kappa shape index (κ1) is 28.3. The second-order valence-corrected chi connectivity index (χ2v) is 16.7. The number of rotatable bonds is 10. The van der Waals surface area contributed by atoms with Crippen LogP contribution in [-0.2, 0) is 18.6 Å². The summed E-state index contributed by atoms with van der Waals surface area (Å²) in [6.45, 7) is 17.5. The molecule has 4 rings (SSSR count). The van der Waals surface area contributed by atoms with Crippen molar-refractivity contribution < 1.29 is 18.6 Å². The number of methoxy groups -OCH3 is 1. The van der Waals surface area contributed by atoms with Crippen LogP contribution in [0.3, 0.4) is 0 Å². The molecule has 4 nitrogen and oxygen atoms in total. The third-order valence-corrected chi connectivity index (χ3v) is 14.0. The SMILES string of the molecule is C=C[C@@H]1[C@@](C)(COCOC)CC[C@]12O[C@@H](CO[Si](c1ccccc1)(c1ccccc1)C(C)(C)C)C[C@@H]2C. The Balaban J connectivity index is 1.60. The third kappa shape index (κ3) is 5.14. The third-order valence-electron chi connectivity index (χ3n) is 8.97. The van der Waals surface area contributed by atoms with E-state index in [4.69, 9.17) is 18.6 Å². The molecule has 0 bridgehead atoms. The fourth-order valence-electron chi connectivity index (χ4n) is 7.22. The lowest BCUT2D eigenvalue weighted by Crippen LogP contribution is -2.67. The van der Waals surface area contributed by atoms with E-state index in [9.17, 15) is 0 Å². The van der Waals surface area contributed by atoms with Crippen molar-refractivity contribution in [3.05, 3.63) is 73.3 Å². The molecule has 1 heterocycles. The summed E-state index contributed by atoms with van der Waals surface area (Å²) in [5.74, 6) is 0.650. The van der Waals surface area contributed by atoms with E-state index in [0.29, 0.717) is 25.9 Å². The molecule has 1 aliphatic heterocycles. The molecule has 5 heteroatoms. The Labute approximate surface area is 225 Å². The lowest BCUT2D eigenvalue weighted by molar-refractivity contribution is -0.110. The van der Waals surface area contributed by atoms with Crippen LogP contribution >= 0.6 is 0 Å². The van der Waals surface area contributed by atoms with E-state index in [-0.39, 0.29) is 28.1 Å². The van der Waals surface area contributed by atoms with Gasteiger partial charge in [0.25, 0.3) is 8.32 Å². The Kier molecular flexibility index (Phi) is 8.51. The smallest absolute Gasteiger partial charge is 0.261 e. The Hall–Kier alpha value is -1.76. The number of hydrogen-bond donors (Lipinski definition) is 0. The van der Waals surface area contributed by atoms with Gasteiger partial charge in [0.2, 0.25) is 0 Å². The lowest BCUT2D eigenvalue weighted by atomic mass is 9.72. The fraction of sp³-hybridized carbons (Fsp3) is 0.562. The van der Waals surface area contributed by atoms with Crippen molar-refractivity contribution in [2.45, 2.75) is 70.6 Å². The first-order valence-corrected chi connectivity index (χ1v) is 15.7. The molecule has 202 valence electrons. The zero-order valence-corrected chi connectivity index (χ0v) is 24.7. The molecule has 2 aliphatic rings. The summed E-state index contributed by atoms with van der Waals surface area (Å²) in [5, 5.41) is 2.57. The predicted molar refractivity (Wildman–Crippen MR) is 154 cm³/mol. The zero-order valence-electron chi connectivity index (χ0n) is 23.7. The standard InChI is InChI=1S/C32H46O4Si/c1-8-29-31(6,23-34-24-33-7)19-20-32(29)25(2)21-26(36-32)22-35-37(30(3,4)5,27-15-11-9-12-16-27)28-17-13-10-14-18-28/h8-18,25-26,29H,1,19-24H2,2-7H3/t25-,26+,29+,31+,32+/m0/s1. The molecule has 0 N–H and O–H groups in total. The van der Waals surface area contributed by atoms with Crippen LogP contribution in [-0.4, -0.2) is 47.1 Å². The molecular weight excluding hydrogens is 476 g/mol. The van der Waals surface area contributed by atoms with Crippen LogP contribution in [0.25, 0.3) is 0 Å². The molecule has 1 spiro atoms. The monoisotopic (exact) mass is 522 g/mol. The maximum absolute atomic E-state index is 7.25. The average Bonchev–Trinajstić information content (AvgIpc) is 3.35. The second-order valence-electron chi connectivity index (χ2n) is 12.4. The summed E-state index contributed by atoms with van der Waals surface area (Å²) >= 11 is 0. The van der Waals surface area contributed by atoms with Crippen molar-refractivity contribution in [2.75, 3.05) is 27.1 Å². The van der Waals surface area contributed by atoms with Gasteiger partial charge in [0, 0.05) is 18.4 Å². The van der Waals surface area contributed by atoms with Gasteiger partial charge < -0.3 is 18.6 Å². The zero-order chi connectivity index (χ0) is 26.7. The molecule has 0 radical (unpaired) electrons. The predicted octanol–water partition coefficient (Wildman–Crippen LogP) is 5.95. The van der Waals surface area contributed by atoms with Crippen LogP contribution in [0.15, 0.2) is 73.3 Å². The largest absolute Gasteiger partial charge is 0.405 e. The Bertz CT molecular complexity index is 981. The summed E-state index contributed by atoms with van der Waals surface area (Å²) in [6, 6.07) is 21.7. The molecule has 0 aromatic heterocycles. The van der Waals surface area contributed by atoms with Gasteiger partial charge in [-0.2, -0.15) is 0 Å². The Morgan fingerprint density at radius 2 is 1.62 bits per heavy atom. The van der Waals surface area contributed by atoms with E-state index in [2.05, 4.69) is 108 Å². The normalized spacial score (nSPS) is 30.2. The highest BCUT2D eigenvalue weighted by atomic mass is 28.4. The van der Waals surface area contributed by atoms with Crippen molar-refractivity contribution in [2.24, 2.45) is 17.3 Å². The topological polar surface area (TPSA) is 36.9 Å². The van der Waals surface area contributed by atoms with Gasteiger partial charge in [-0.3, -0.25) is 0 Å². The molecule has 1 saturated carbocycles. The highest BCUT2D eigenvalue weighted by Crippen LogP contribution is 2.58. The molecule has 37 heavy (non-hydrogen) atoms. The van der Waals surface area contributed by atoms with Gasteiger partial charge in [0.05, 0.1) is 24.9 Å². The van der Waals surface area contributed by atoms with Crippen LogP contribution < -0.4 is 10.4 Å². The molecule has 1 aliphatic carbocycles. The van der Waals surface area contributed by atoms with E-state index in [1.807, 2.05) is 0 Å². The van der Waals surface area contributed by atoms with Gasteiger partial charge in [0.15, 0.2) is 0 Å². The maximum atomic E-state index is 7.25. The van der Waals surface area contributed by atoms with Crippen molar-refractivity contribution in [3.8, 4) is 0 Å². The summed E-state index contributed by atoms with van der Waals surface area (Å²) in [5.41, 5.74) is -0.227. The Morgan fingerprint density at radius 1 is 1.03 bits per heavy atom. The molecular formula is C32H46O4Si. The lowest BCUT2D eigenvalue weighted by Gasteiger charge is -2.43. The Morgan fingerprint density at radius 3 is 2.14 bits per heavy atom. The number of ether oxygens (including phenoxy) is 3. The van der Waals surface area contributed by atoms with Crippen molar-refractivity contribution in [1.82, 2.24) is 0 Å². The summed E-state index contributed by atoms with van der Waals surface area (Å²) in [7, 11) is -0.931. The van der Waals surface area contributed by atoms with Crippen LogP contribution in [0.4, 0.5) is 0 Å². The molecule has 2 aromatic carbocycles. The minimum atomic E-state index is -2.60. The molecule has 2 fully saturated rings. The van der Waals surface area contributed by atoms with Crippen molar-refractivity contribution in [1.29, 1.82) is 0 Å². The highest BCUT2D eigenvalue weighted by molar-refractivity contribution is 6.99. The van der Waals surface area contributed by atoms with E-state index >= 15 is 0 Å². The van der Waals surface area contributed by atoms with E-state index in [1.54, 1.807) is 7.11 Å². The quantitative estimate of drug-likeness (QED) is 0.167. The molecule has 0 amide bonds. The van der Waals surface area contributed by atoms with Gasteiger partial charge in [-0.05, 0) is 40.6 Å². The van der Waals surface area contributed by atoms with E-state index in [1.165, 1.54) is 10.4 Å². The second kappa shape index (κ2) is 11.2. The van der Waals surface area contributed by atoms with Gasteiger partial charge in [-0.15, -0.1) is 6.58 Å². The number of benzene rings is 2. The molecule has 0 unspecified atom stereocenters. The molecule has 2 aromatic rings. The minimum absolute atomic E-state index is 0.0116.